The average molecular weight is 475 g/mol. The van der Waals surface area contributed by atoms with Gasteiger partial charge in [0.25, 0.3) is 0 Å². The molecule has 0 saturated carbocycles. The van der Waals surface area contributed by atoms with Gasteiger partial charge in [-0.3, -0.25) is 0 Å². The van der Waals surface area contributed by atoms with Gasteiger partial charge >= 0.3 is 144 Å². The summed E-state index contributed by atoms with van der Waals surface area (Å²) in [7, 11) is 0. The van der Waals surface area contributed by atoms with Crippen LogP contribution in [-0.2, 0) is 27.3 Å². The molecule has 0 bridgehead atoms. The third-order valence-electron chi connectivity index (χ3n) is 4.23. The molecule has 0 aromatic heterocycles. The van der Waals surface area contributed by atoms with Crippen LogP contribution in [0.4, 0.5) is 0 Å². The molecule has 0 saturated heterocycles. The molecule has 1 N–H and O–H groups in total. The van der Waals surface area contributed by atoms with Gasteiger partial charge in [-0.2, -0.15) is 0 Å². The molecule has 0 aliphatic heterocycles. The number of hydrogen-bond donors (Lipinski definition) is 1. The summed E-state index contributed by atoms with van der Waals surface area (Å²) in [5, 5.41) is 0. The fraction of sp³-hybridized carbons (Fsp3) is 0.368. The van der Waals surface area contributed by atoms with E-state index in [1.807, 2.05) is 0 Å². The summed E-state index contributed by atoms with van der Waals surface area (Å²) < 4.78 is 5.85. The molecule has 115 valence electrons. The van der Waals surface area contributed by atoms with E-state index in [1.165, 1.54) is 16.7 Å². The van der Waals surface area contributed by atoms with Crippen LogP contribution >= 0.6 is 0 Å². The summed E-state index contributed by atoms with van der Waals surface area (Å²) in [4.78, 5) is 0. The van der Waals surface area contributed by atoms with E-state index < -0.39 is 26.9 Å². The van der Waals surface area contributed by atoms with Crippen LogP contribution in [0, 0.1) is 0 Å². The Hall–Kier alpha value is -0.513. The summed E-state index contributed by atoms with van der Waals surface area (Å²) in [6, 6.07) is 16.0. The van der Waals surface area contributed by atoms with Gasteiger partial charge in [-0.15, -0.1) is 0 Å². The number of nitrogens with one attached hydrogen (secondary N) is 1. The van der Waals surface area contributed by atoms with Gasteiger partial charge in [-0.1, -0.05) is 0 Å². The van der Waals surface area contributed by atoms with E-state index in [9.17, 15) is 0 Å². The van der Waals surface area contributed by atoms with Crippen LogP contribution in [0.3, 0.4) is 0 Å². The Kier molecular flexibility index (Phi) is 4.59. The molecule has 0 spiro atoms. The van der Waals surface area contributed by atoms with Crippen molar-refractivity contribution < 1.29 is 20.9 Å². The summed E-state index contributed by atoms with van der Waals surface area (Å²) in [5.41, 5.74) is 6.36. The van der Waals surface area contributed by atoms with Crippen LogP contribution in [0.1, 0.15) is 31.9 Å². The van der Waals surface area contributed by atoms with Crippen molar-refractivity contribution in [3.63, 3.8) is 0 Å². The van der Waals surface area contributed by atoms with Crippen LogP contribution < -0.4 is 6.62 Å². The third-order valence-corrected chi connectivity index (χ3v) is 29.0. The minimum absolute atomic E-state index is 0.244. The fourth-order valence-electron chi connectivity index (χ4n) is 3.34. The van der Waals surface area contributed by atoms with Crippen molar-refractivity contribution in [1.82, 2.24) is 3.30 Å². The van der Waals surface area contributed by atoms with Crippen molar-refractivity contribution in [2.75, 3.05) is 0 Å². The molecule has 2 aromatic rings. The molecule has 0 amide bonds. The Morgan fingerprint density at radius 2 is 1.64 bits per heavy atom. The number of benzene rings is 2. The predicted molar refractivity (Wildman–Crippen MR) is 96.1 cm³/mol. The number of hydrogen-bond acceptors (Lipinski definition) is 1. The van der Waals surface area contributed by atoms with Gasteiger partial charge in [0.2, 0.25) is 0 Å². The fourth-order valence-corrected chi connectivity index (χ4v) is 26.2. The van der Waals surface area contributed by atoms with Crippen LogP contribution in [0.5, 0.6) is 0 Å². The van der Waals surface area contributed by atoms with E-state index in [4.69, 9.17) is 0 Å². The zero-order valence-corrected chi connectivity index (χ0v) is 19.1. The molecule has 2 aromatic carbocycles. The van der Waals surface area contributed by atoms with Crippen LogP contribution in [0.25, 0.3) is 11.1 Å². The summed E-state index contributed by atoms with van der Waals surface area (Å²) in [6.45, 7) is 12.1. The second-order valence-electron chi connectivity index (χ2n) is 7.61. The van der Waals surface area contributed by atoms with Crippen molar-refractivity contribution in [3.8, 4) is 11.1 Å². The Morgan fingerprint density at radius 1 is 0.955 bits per heavy atom. The van der Waals surface area contributed by atoms with Gasteiger partial charge in [0, 0.05) is 0 Å². The molecule has 3 rings (SSSR count). The first-order chi connectivity index (χ1) is 10.4. The molecule has 1 aliphatic carbocycles. The minimum atomic E-state index is -1.94. The van der Waals surface area contributed by atoms with E-state index in [1.54, 1.807) is 8.88 Å². The van der Waals surface area contributed by atoms with Crippen molar-refractivity contribution >= 4 is 9.30 Å². The van der Waals surface area contributed by atoms with Gasteiger partial charge in [0.1, 0.15) is 0 Å². The number of fused-ring (bicyclic) bond motifs is 3. The van der Waals surface area contributed by atoms with Crippen LogP contribution in [0.2, 0.25) is 13.1 Å². The SMILES string of the molecule is C[SiH](C)[Hf]([NH]C(C)(C)C)[c]1cccc2c1Cc1ccccc1-2. The average Bonchev–Trinajstić information content (AvgIpc) is 2.82. The van der Waals surface area contributed by atoms with E-state index in [-0.39, 0.29) is 5.54 Å². The van der Waals surface area contributed by atoms with Gasteiger partial charge in [0.05, 0.1) is 0 Å². The zero-order valence-electron chi connectivity index (χ0n) is 14.3. The molecule has 0 radical (unpaired) electrons. The number of rotatable bonds is 3. The van der Waals surface area contributed by atoms with Crippen molar-refractivity contribution in [3.05, 3.63) is 53.6 Å². The van der Waals surface area contributed by atoms with Crippen LogP contribution in [0.15, 0.2) is 42.5 Å². The summed E-state index contributed by atoms with van der Waals surface area (Å²) >= 11 is -1.94. The molecule has 22 heavy (non-hydrogen) atoms. The second-order valence-corrected chi connectivity index (χ2v) is 32.9. The molecular weight excluding hydrogens is 449 g/mol. The normalized spacial score (nSPS) is 13.2. The van der Waals surface area contributed by atoms with Crippen molar-refractivity contribution in [2.45, 2.75) is 45.8 Å². The van der Waals surface area contributed by atoms with Gasteiger partial charge in [-0.05, 0) is 0 Å². The molecule has 0 fully saturated rings. The van der Waals surface area contributed by atoms with Gasteiger partial charge < -0.3 is 0 Å². The monoisotopic (exact) mass is 476 g/mol. The zero-order chi connectivity index (χ0) is 15.9. The molecule has 3 heteroatoms. The topological polar surface area (TPSA) is 12.0 Å². The van der Waals surface area contributed by atoms with Gasteiger partial charge in [-0.25, -0.2) is 0 Å². The van der Waals surface area contributed by atoms with E-state index in [0.717, 1.165) is 6.42 Å². The Balaban J connectivity index is 2.06. The first-order valence-corrected chi connectivity index (χ1v) is 20.9. The molecule has 0 atom stereocenters. The first kappa shape index (κ1) is 16.3. The van der Waals surface area contributed by atoms with Gasteiger partial charge in [0.15, 0.2) is 0 Å². The summed E-state index contributed by atoms with van der Waals surface area (Å²) in [5.74, 6) is -0.642. The molecule has 0 unspecified atom stereocenters. The predicted octanol–water partition coefficient (Wildman–Crippen LogP) is 3.79. The quantitative estimate of drug-likeness (QED) is 0.570. The molecule has 1 nitrogen and oxygen atoms in total. The first-order valence-electron chi connectivity index (χ1n) is 8.22. The van der Waals surface area contributed by atoms with E-state index in [0.29, 0.717) is 0 Å². The van der Waals surface area contributed by atoms with Crippen molar-refractivity contribution in [1.29, 1.82) is 0 Å². The molecule has 0 heterocycles. The maximum atomic E-state index is 4.10. The van der Waals surface area contributed by atoms with E-state index >= 15 is 0 Å². The van der Waals surface area contributed by atoms with Crippen LogP contribution in [-0.4, -0.2) is 11.5 Å². The second kappa shape index (κ2) is 6.18. The maximum absolute atomic E-state index is 4.10. The van der Waals surface area contributed by atoms with Crippen molar-refractivity contribution in [2.24, 2.45) is 0 Å². The third kappa shape index (κ3) is 3.22. The standard InChI is InChI=1S/C13H9.C4H10N.C2H7Si.Hf/c1-3-7-12-10(5-1)9-11-6-2-4-8-13(11)12;1-4(2,3)5;1-3-2;/h1-5,7-8H,9H2;5H,1-3H3;3H,1-2H3;/q;-1;;+1. The Labute approximate surface area is 143 Å². The Morgan fingerprint density at radius 3 is 2.32 bits per heavy atom. The molecule has 1 aliphatic rings. The molecular formula is C19H26HfNSi. The Bertz CT molecular complexity index is 688. The summed E-state index contributed by atoms with van der Waals surface area (Å²) in [6.07, 6.45) is 1.14. The van der Waals surface area contributed by atoms with E-state index in [2.05, 4.69) is 79.6 Å².